The van der Waals surface area contributed by atoms with E-state index in [1.54, 1.807) is 17.5 Å². The predicted octanol–water partition coefficient (Wildman–Crippen LogP) is 17.8. The molecule has 0 radical (unpaired) electrons. The Kier molecular flexibility index (Phi) is 9.33. The molecule has 0 bridgehead atoms. The fourth-order valence-corrected chi connectivity index (χ4v) is 12.1. The van der Waals surface area contributed by atoms with Gasteiger partial charge in [-0.1, -0.05) is 188 Å². The summed E-state index contributed by atoms with van der Waals surface area (Å²) in [5.74, 6) is 1.64. The lowest BCUT2D eigenvalue weighted by molar-refractivity contribution is 0.668. The standard InChI is InChI=1S/C66H39N5OS/c1-2-12-40(13-3-1)41-24-28-45(29-25-41)48-18-10-20-54-59(48)52-37-34-44-14-4-5-15-49(44)63(52)71(54)47-35-32-43(33-36-47)42-26-30-46(31-27-42)64-68-65(53-19-11-23-58-60(53)51-17-7-9-22-57(51)73-58)70-66(69-64)62-61-50-16-6-8-21-55(50)72-56(61)38-39-67-62/h1-39H. The number of nitrogens with zero attached hydrogens (tertiary/aromatic N) is 5. The first kappa shape index (κ1) is 41.2. The van der Waals surface area contributed by atoms with Crippen LogP contribution >= 0.6 is 11.3 Å². The van der Waals surface area contributed by atoms with Crippen LogP contribution in [0, 0.1) is 0 Å². The quantitative estimate of drug-likeness (QED) is 0.159. The van der Waals surface area contributed by atoms with E-state index in [9.17, 15) is 0 Å². The molecule has 0 saturated heterocycles. The Balaban J connectivity index is 0.834. The maximum Gasteiger partial charge on any atom is 0.183 e. The number of pyridine rings is 1. The average Bonchev–Trinajstić information content (AvgIpc) is 4.18. The zero-order valence-corrected chi connectivity index (χ0v) is 39.9. The van der Waals surface area contributed by atoms with Gasteiger partial charge in [-0.2, -0.15) is 0 Å². The van der Waals surface area contributed by atoms with Gasteiger partial charge in [0.05, 0.1) is 16.4 Å². The molecule has 6 nitrogen and oxygen atoms in total. The second kappa shape index (κ2) is 16.5. The van der Waals surface area contributed by atoms with Crippen molar-refractivity contribution >= 4 is 86.0 Å². The number of furan rings is 1. The van der Waals surface area contributed by atoms with Crippen molar-refractivity contribution in [3.8, 4) is 73.4 Å². The second-order valence-corrected chi connectivity index (χ2v) is 19.6. The van der Waals surface area contributed by atoms with Crippen molar-refractivity contribution in [3.05, 3.63) is 237 Å². The molecule has 0 saturated carbocycles. The largest absolute Gasteiger partial charge is 0.456 e. The van der Waals surface area contributed by atoms with Crippen LogP contribution in [0.25, 0.3) is 148 Å². The highest BCUT2D eigenvalue weighted by atomic mass is 32.1. The SMILES string of the molecule is c1ccc(-c2ccc(-c3cccc4c3c3ccc5ccccc5c3n4-c3ccc(-c4ccc(-c5nc(-c6nccc7oc8ccccc8c67)nc(-c6cccc7sc8ccccc8c67)n5)cc4)cc3)cc2)cc1. The van der Waals surface area contributed by atoms with E-state index in [1.807, 2.05) is 24.3 Å². The molecule has 15 aromatic rings. The Bertz CT molecular complexity index is 4520. The fourth-order valence-electron chi connectivity index (χ4n) is 11.0. The van der Waals surface area contributed by atoms with Crippen molar-refractivity contribution < 1.29 is 4.42 Å². The Hall–Kier alpha value is -9.56. The highest BCUT2D eigenvalue weighted by Gasteiger charge is 2.22. The van der Waals surface area contributed by atoms with Gasteiger partial charge in [-0.05, 0) is 81.2 Å². The van der Waals surface area contributed by atoms with Crippen molar-refractivity contribution in [2.75, 3.05) is 0 Å². The summed E-state index contributed by atoms with van der Waals surface area (Å²) >= 11 is 1.78. The number of hydrogen-bond donors (Lipinski definition) is 0. The lowest BCUT2D eigenvalue weighted by Crippen LogP contribution is -2.01. The molecule has 5 aromatic heterocycles. The summed E-state index contributed by atoms with van der Waals surface area (Å²) in [7, 11) is 0. The van der Waals surface area contributed by atoms with Gasteiger partial charge in [-0.25, -0.2) is 15.0 Å². The van der Waals surface area contributed by atoms with Crippen LogP contribution in [0.3, 0.4) is 0 Å². The van der Waals surface area contributed by atoms with Crippen LogP contribution in [0.2, 0.25) is 0 Å². The van der Waals surface area contributed by atoms with Crippen molar-refractivity contribution in [2.24, 2.45) is 0 Å². The van der Waals surface area contributed by atoms with Crippen LogP contribution < -0.4 is 0 Å². The number of rotatable bonds is 7. The molecule has 0 aliphatic heterocycles. The van der Waals surface area contributed by atoms with Crippen LogP contribution in [0.15, 0.2) is 241 Å². The maximum atomic E-state index is 6.30. The third-order valence-corrected chi connectivity index (χ3v) is 15.5. The second-order valence-electron chi connectivity index (χ2n) is 18.5. The Morgan fingerprint density at radius 3 is 1.79 bits per heavy atom. The molecule has 0 N–H and O–H groups in total. The van der Waals surface area contributed by atoms with Gasteiger partial charge >= 0.3 is 0 Å². The zero-order valence-electron chi connectivity index (χ0n) is 39.1. The predicted molar refractivity (Wildman–Crippen MR) is 302 cm³/mol. The van der Waals surface area contributed by atoms with Gasteiger partial charge in [0.2, 0.25) is 0 Å². The van der Waals surface area contributed by atoms with E-state index in [1.165, 1.54) is 69.6 Å². The molecule has 7 heteroatoms. The molecule has 15 rings (SSSR count). The van der Waals surface area contributed by atoms with Gasteiger partial charge < -0.3 is 8.98 Å². The molecule has 0 spiro atoms. The van der Waals surface area contributed by atoms with Crippen LogP contribution in [-0.2, 0) is 0 Å². The summed E-state index contributed by atoms with van der Waals surface area (Å²) in [4.78, 5) is 20.6. The molecule has 10 aromatic carbocycles. The molecule has 0 fully saturated rings. The third-order valence-electron chi connectivity index (χ3n) is 14.4. The van der Waals surface area contributed by atoms with Gasteiger partial charge in [0, 0.05) is 64.7 Å². The van der Waals surface area contributed by atoms with Crippen LogP contribution in [0.1, 0.15) is 0 Å². The van der Waals surface area contributed by atoms with Crippen molar-refractivity contribution in [2.45, 2.75) is 0 Å². The molecule has 0 atom stereocenters. The molecule has 5 heterocycles. The number of para-hydroxylation sites is 1. The molecule has 73 heavy (non-hydrogen) atoms. The van der Waals surface area contributed by atoms with Crippen molar-refractivity contribution in [1.82, 2.24) is 24.5 Å². The number of aromatic nitrogens is 5. The Morgan fingerprint density at radius 2 is 0.973 bits per heavy atom. The lowest BCUT2D eigenvalue weighted by Gasteiger charge is -2.12. The summed E-state index contributed by atoms with van der Waals surface area (Å²) in [5, 5.41) is 9.05. The van der Waals surface area contributed by atoms with E-state index in [0.29, 0.717) is 23.2 Å². The monoisotopic (exact) mass is 949 g/mol. The minimum absolute atomic E-state index is 0.485. The first-order valence-electron chi connectivity index (χ1n) is 24.4. The third kappa shape index (κ3) is 6.71. The minimum Gasteiger partial charge on any atom is -0.456 e. The molecular weight excluding hydrogens is 911 g/mol. The molecule has 0 unspecified atom stereocenters. The van der Waals surface area contributed by atoms with E-state index in [0.717, 1.165) is 55.3 Å². The first-order valence-corrected chi connectivity index (χ1v) is 25.3. The fraction of sp³-hybridized carbons (Fsp3) is 0. The molecule has 0 amide bonds. The van der Waals surface area contributed by atoms with Crippen LogP contribution in [0.5, 0.6) is 0 Å². The van der Waals surface area contributed by atoms with Gasteiger partial charge in [0.1, 0.15) is 16.9 Å². The van der Waals surface area contributed by atoms with E-state index >= 15 is 0 Å². The minimum atomic E-state index is 0.485. The highest BCUT2D eigenvalue weighted by Crippen LogP contribution is 2.44. The average molecular weight is 950 g/mol. The van der Waals surface area contributed by atoms with Gasteiger partial charge in [0.15, 0.2) is 17.5 Å². The summed E-state index contributed by atoms with van der Waals surface area (Å²) in [6.07, 6.45) is 1.77. The highest BCUT2D eigenvalue weighted by molar-refractivity contribution is 7.25. The molecule has 0 aliphatic carbocycles. The van der Waals surface area contributed by atoms with Crippen LogP contribution in [0.4, 0.5) is 0 Å². The van der Waals surface area contributed by atoms with E-state index in [-0.39, 0.29) is 0 Å². The topological polar surface area (TPSA) is 69.6 Å². The van der Waals surface area contributed by atoms with E-state index < -0.39 is 0 Å². The number of hydrogen-bond acceptors (Lipinski definition) is 6. The summed E-state index contributed by atoms with van der Waals surface area (Å²) in [5.41, 5.74) is 14.5. The van der Waals surface area contributed by atoms with E-state index in [2.05, 4.69) is 211 Å². The van der Waals surface area contributed by atoms with Crippen molar-refractivity contribution in [3.63, 3.8) is 0 Å². The maximum absolute atomic E-state index is 6.30. The smallest absolute Gasteiger partial charge is 0.183 e. The number of fused-ring (bicyclic) bond motifs is 11. The van der Waals surface area contributed by atoms with Crippen molar-refractivity contribution in [1.29, 1.82) is 0 Å². The van der Waals surface area contributed by atoms with Crippen LogP contribution in [-0.4, -0.2) is 24.5 Å². The first-order chi connectivity index (χ1) is 36.2. The van der Waals surface area contributed by atoms with Gasteiger partial charge in [-0.15, -0.1) is 11.3 Å². The van der Waals surface area contributed by atoms with Gasteiger partial charge in [-0.3, -0.25) is 4.98 Å². The van der Waals surface area contributed by atoms with Gasteiger partial charge in [0.25, 0.3) is 0 Å². The molecule has 340 valence electrons. The molecular formula is C66H39N5OS. The summed E-state index contributed by atoms with van der Waals surface area (Å²) in [6.45, 7) is 0. The normalized spacial score (nSPS) is 11.8. The summed E-state index contributed by atoms with van der Waals surface area (Å²) < 4.78 is 11.1. The number of benzene rings is 10. The Labute approximate surface area is 422 Å². The lowest BCUT2D eigenvalue weighted by atomic mass is 9.96. The molecule has 0 aliphatic rings. The Morgan fingerprint density at radius 1 is 0.356 bits per heavy atom. The van der Waals surface area contributed by atoms with E-state index in [4.69, 9.17) is 24.4 Å². The summed E-state index contributed by atoms with van der Waals surface area (Å²) in [6, 6.07) is 81.9. The number of thiophene rings is 1. The zero-order chi connectivity index (χ0) is 48.0.